The number of rotatable bonds is 6. The van der Waals surface area contributed by atoms with Crippen molar-refractivity contribution in [3.05, 3.63) is 89.7 Å². The average Bonchev–Trinajstić information content (AvgIpc) is 2.76. The highest BCUT2D eigenvalue weighted by molar-refractivity contribution is 6.05. The van der Waals surface area contributed by atoms with Gasteiger partial charge in [-0.2, -0.15) is 0 Å². The van der Waals surface area contributed by atoms with Gasteiger partial charge < -0.3 is 15.0 Å². The van der Waals surface area contributed by atoms with Crippen LogP contribution in [0.15, 0.2) is 72.8 Å². The van der Waals surface area contributed by atoms with Gasteiger partial charge in [0, 0.05) is 12.2 Å². The van der Waals surface area contributed by atoms with Crippen LogP contribution in [0.1, 0.15) is 22.3 Å². The molecular formula is C24H21FN2O3. The van der Waals surface area contributed by atoms with Crippen LogP contribution in [0, 0.1) is 5.82 Å². The van der Waals surface area contributed by atoms with E-state index in [1.807, 2.05) is 18.2 Å². The van der Waals surface area contributed by atoms with Crippen molar-refractivity contribution in [3.8, 4) is 5.75 Å². The third-order valence-corrected chi connectivity index (χ3v) is 4.97. The molecule has 30 heavy (non-hydrogen) atoms. The molecule has 1 aliphatic heterocycles. The highest BCUT2D eigenvalue weighted by Gasteiger charge is 2.25. The van der Waals surface area contributed by atoms with Crippen LogP contribution >= 0.6 is 0 Å². The highest BCUT2D eigenvalue weighted by atomic mass is 19.1. The molecule has 4 rings (SSSR count). The van der Waals surface area contributed by atoms with E-state index in [0.717, 1.165) is 12.8 Å². The van der Waals surface area contributed by atoms with Gasteiger partial charge in [0.2, 0.25) is 0 Å². The van der Waals surface area contributed by atoms with Crippen molar-refractivity contribution in [3.63, 3.8) is 0 Å². The predicted molar refractivity (Wildman–Crippen MR) is 113 cm³/mol. The van der Waals surface area contributed by atoms with Gasteiger partial charge in [0.05, 0.1) is 11.3 Å². The molecule has 0 unspecified atom stereocenters. The average molecular weight is 404 g/mol. The first-order valence-corrected chi connectivity index (χ1v) is 9.79. The van der Waals surface area contributed by atoms with Gasteiger partial charge in [0.25, 0.3) is 11.8 Å². The number of amides is 2. The summed E-state index contributed by atoms with van der Waals surface area (Å²) < 4.78 is 19.4. The Hall–Kier alpha value is -3.67. The lowest BCUT2D eigenvalue weighted by Crippen LogP contribution is -2.39. The number of carbonyl (C=O) groups is 2. The van der Waals surface area contributed by atoms with Crippen LogP contribution in [0.4, 0.5) is 15.8 Å². The first-order valence-electron chi connectivity index (χ1n) is 9.79. The molecule has 0 saturated heterocycles. The first-order chi connectivity index (χ1) is 14.6. The van der Waals surface area contributed by atoms with E-state index in [2.05, 4.69) is 17.4 Å². The Morgan fingerprint density at radius 3 is 2.60 bits per heavy atom. The summed E-state index contributed by atoms with van der Waals surface area (Å²) in [7, 11) is 0. The maximum Gasteiger partial charge on any atom is 0.265 e. The van der Waals surface area contributed by atoms with E-state index >= 15 is 0 Å². The van der Waals surface area contributed by atoms with Gasteiger partial charge >= 0.3 is 0 Å². The van der Waals surface area contributed by atoms with Gasteiger partial charge in [0.15, 0.2) is 6.61 Å². The van der Waals surface area contributed by atoms with E-state index in [4.69, 9.17) is 4.74 Å². The molecule has 0 aliphatic carbocycles. The standard InChI is InChI=1S/C24H21FN2O3/c25-20-11-5-4-10-19(20)24(29)26-18-12-13-22-21(15-18)27(23(28)16-30-22)14-6-9-17-7-2-1-3-8-17/h1-5,7-8,10-13,15H,6,9,14,16H2,(H,26,29). The van der Waals surface area contributed by atoms with Crippen LogP contribution in [-0.4, -0.2) is 25.0 Å². The number of nitrogens with one attached hydrogen (secondary N) is 1. The van der Waals surface area contributed by atoms with Gasteiger partial charge in [-0.1, -0.05) is 42.5 Å². The monoisotopic (exact) mass is 404 g/mol. The molecule has 0 radical (unpaired) electrons. The molecule has 1 heterocycles. The summed E-state index contributed by atoms with van der Waals surface area (Å²) in [6.07, 6.45) is 1.64. The van der Waals surface area contributed by atoms with E-state index < -0.39 is 11.7 Å². The normalized spacial score (nSPS) is 12.8. The number of halogens is 1. The molecule has 0 bridgehead atoms. The molecule has 1 aliphatic rings. The zero-order valence-corrected chi connectivity index (χ0v) is 16.3. The molecule has 0 saturated carbocycles. The molecule has 0 aromatic heterocycles. The largest absolute Gasteiger partial charge is 0.482 e. The minimum absolute atomic E-state index is 0.0146. The summed E-state index contributed by atoms with van der Waals surface area (Å²) in [5, 5.41) is 2.69. The number of carbonyl (C=O) groups excluding carboxylic acids is 2. The third-order valence-electron chi connectivity index (χ3n) is 4.97. The van der Waals surface area contributed by atoms with E-state index in [9.17, 15) is 14.0 Å². The minimum Gasteiger partial charge on any atom is -0.482 e. The summed E-state index contributed by atoms with van der Waals surface area (Å²) >= 11 is 0. The molecule has 3 aromatic carbocycles. The number of ether oxygens (including phenoxy) is 1. The molecular weight excluding hydrogens is 383 g/mol. The number of benzene rings is 3. The van der Waals surface area contributed by atoms with Crippen molar-refractivity contribution in [1.82, 2.24) is 0 Å². The van der Waals surface area contributed by atoms with E-state index in [1.165, 1.54) is 23.8 Å². The molecule has 1 N–H and O–H groups in total. The second-order valence-electron chi connectivity index (χ2n) is 7.04. The maximum absolute atomic E-state index is 13.9. The van der Waals surface area contributed by atoms with Crippen molar-refractivity contribution >= 4 is 23.2 Å². The lowest BCUT2D eigenvalue weighted by Gasteiger charge is -2.30. The topological polar surface area (TPSA) is 58.6 Å². The van der Waals surface area contributed by atoms with Crippen LogP contribution in [0.2, 0.25) is 0 Å². The van der Waals surface area contributed by atoms with Crippen LogP contribution in [0.25, 0.3) is 0 Å². The van der Waals surface area contributed by atoms with E-state index in [0.29, 0.717) is 23.7 Å². The smallest absolute Gasteiger partial charge is 0.265 e. The SMILES string of the molecule is O=C(Nc1ccc2c(c1)N(CCCc1ccccc1)C(=O)CO2)c1ccccc1F. The fourth-order valence-electron chi connectivity index (χ4n) is 3.45. The molecule has 6 heteroatoms. The molecule has 3 aromatic rings. The van der Waals surface area contributed by atoms with Crippen molar-refractivity contribution < 1.29 is 18.7 Å². The Balaban J connectivity index is 1.50. The zero-order valence-electron chi connectivity index (χ0n) is 16.3. The van der Waals surface area contributed by atoms with Gasteiger partial charge in [-0.05, 0) is 48.7 Å². The van der Waals surface area contributed by atoms with Crippen molar-refractivity contribution in [2.45, 2.75) is 12.8 Å². The Morgan fingerprint density at radius 2 is 1.80 bits per heavy atom. The van der Waals surface area contributed by atoms with Crippen LogP contribution < -0.4 is 15.0 Å². The van der Waals surface area contributed by atoms with E-state index in [-0.39, 0.29) is 18.1 Å². The number of aryl methyl sites for hydroxylation is 1. The zero-order chi connectivity index (χ0) is 20.9. The number of anilines is 2. The molecule has 0 spiro atoms. The summed E-state index contributed by atoms with van der Waals surface area (Å²) in [4.78, 5) is 26.6. The fraction of sp³-hybridized carbons (Fsp3) is 0.167. The van der Waals surface area contributed by atoms with Crippen LogP contribution in [0.3, 0.4) is 0 Å². The summed E-state index contributed by atoms with van der Waals surface area (Å²) in [6.45, 7) is 0.522. The minimum atomic E-state index is -0.589. The maximum atomic E-state index is 13.9. The Bertz CT molecular complexity index is 1070. The molecule has 152 valence electrons. The first kappa shape index (κ1) is 19.6. The third kappa shape index (κ3) is 4.33. The number of hydrogen-bond acceptors (Lipinski definition) is 3. The fourth-order valence-corrected chi connectivity index (χ4v) is 3.45. The lowest BCUT2D eigenvalue weighted by molar-refractivity contribution is -0.121. The molecule has 0 atom stereocenters. The molecule has 5 nitrogen and oxygen atoms in total. The Morgan fingerprint density at radius 1 is 1.03 bits per heavy atom. The Kier molecular flexibility index (Phi) is 5.75. The van der Waals surface area contributed by atoms with Gasteiger partial charge in [-0.3, -0.25) is 9.59 Å². The number of nitrogens with zero attached hydrogens (tertiary/aromatic N) is 1. The van der Waals surface area contributed by atoms with Crippen molar-refractivity contribution in [1.29, 1.82) is 0 Å². The predicted octanol–water partition coefficient (Wildman–Crippen LogP) is 4.44. The van der Waals surface area contributed by atoms with E-state index in [1.54, 1.807) is 29.2 Å². The van der Waals surface area contributed by atoms with Crippen LogP contribution in [0.5, 0.6) is 5.75 Å². The van der Waals surface area contributed by atoms with Crippen LogP contribution in [-0.2, 0) is 11.2 Å². The number of fused-ring (bicyclic) bond motifs is 1. The van der Waals surface area contributed by atoms with Gasteiger partial charge in [0.1, 0.15) is 11.6 Å². The molecule has 0 fully saturated rings. The summed E-state index contributed by atoms with van der Waals surface area (Å²) in [5.74, 6) is -0.688. The second-order valence-corrected chi connectivity index (χ2v) is 7.04. The number of hydrogen-bond donors (Lipinski definition) is 1. The van der Waals surface area contributed by atoms with Gasteiger partial charge in [-0.15, -0.1) is 0 Å². The second kappa shape index (κ2) is 8.78. The van der Waals surface area contributed by atoms with Crippen molar-refractivity contribution in [2.24, 2.45) is 0 Å². The van der Waals surface area contributed by atoms with Crippen molar-refractivity contribution in [2.75, 3.05) is 23.4 Å². The summed E-state index contributed by atoms with van der Waals surface area (Å²) in [6, 6.07) is 21.0. The highest BCUT2D eigenvalue weighted by Crippen LogP contribution is 2.35. The summed E-state index contributed by atoms with van der Waals surface area (Å²) in [5.41, 5.74) is 2.24. The Labute approximate surface area is 174 Å². The van der Waals surface area contributed by atoms with Gasteiger partial charge in [-0.25, -0.2) is 4.39 Å². The molecule has 2 amide bonds. The lowest BCUT2D eigenvalue weighted by atomic mass is 10.1. The quantitative estimate of drug-likeness (QED) is 0.661.